The summed E-state index contributed by atoms with van der Waals surface area (Å²) >= 11 is 0. The first-order chi connectivity index (χ1) is 10.1. The minimum atomic E-state index is 0. The summed E-state index contributed by atoms with van der Waals surface area (Å²) in [6.07, 6.45) is 0.756. The van der Waals surface area contributed by atoms with Gasteiger partial charge in [-0.25, -0.2) is 0 Å². The lowest BCUT2D eigenvalue weighted by Crippen LogP contribution is -2.23. The summed E-state index contributed by atoms with van der Waals surface area (Å²) in [7, 11) is 1.63. The number of methoxy groups -OCH3 is 1. The Morgan fingerprint density at radius 3 is 2.55 bits per heavy atom. The van der Waals surface area contributed by atoms with Crippen LogP contribution in [0.25, 0.3) is 0 Å². The third-order valence-electron chi connectivity index (χ3n) is 3.19. The van der Waals surface area contributed by atoms with Gasteiger partial charge in [-0.05, 0) is 44.5 Å². The van der Waals surface area contributed by atoms with Crippen LogP contribution in [0.3, 0.4) is 0 Å². The molecule has 0 atom stereocenters. The van der Waals surface area contributed by atoms with Crippen molar-refractivity contribution in [2.45, 2.75) is 20.3 Å². The van der Waals surface area contributed by atoms with E-state index < -0.39 is 0 Å². The van der Waals surface area contributed by atoms with E-state index >= 15 is 0 Å². The highest BCUT2D eigenvalue weighted by atomic mass is 127. The Kier molecular flexibility index (Phi) is 7.16. The Bertz CT molecular complexity index is 603. The SMILES string of the molecule is COc1ccc(NC(N)=NCCc2c(C)noc2C)cc1.I. The van der Waals surface area contributed by atoms with Gasteiger partial charge in [0.25, 0.3) is 0 Å². The smallest absolute Gasteiger partial charge is 0.193 e. The molecule has 120 valence electrons. The number of anilines is 1. The van der Waals surface area contributed by atoms with Crippen LogP contribution in [0.4, 0.5) is 5.69 Å². The van der Waals surface area contributed by atoms with E-state index in [4.69, 9.17) is 15.0 Å². The highest BCUT2D eigenvalue weighted by Crippen LogP contribution is 2.15. The Morgan fingerprint density at radius 2 is 2.00 bits per heavy atom. The van der Waals surface area contributed by atoms with Crippen molar-refractivity contribution in [3.63, 3.8) is 0 Å². The fourth-order valence-corrected chi connectivity index (χ4v) is 2.01. The molecule has 1 aromatic heterocycles. The van der Waals surface area contributed by atoms with Crippen LogP contribution >= 0.6 is 24.0 Å². The predicted molar refractivity (Wildman–Crippen MR) is 98.2 cm³/mol. The summed E-state index contributed by atoms with van der Waals surface area (Å²) in [6, 6.07) is 7.49. The molecule has 0 aliphatic heterocycles. The number of aromatic nitrogens is 1. The monoisotopic (exact) mass is 416 g/mol. The summed E-state index contributed by atoms with van der Waals surface area (Å²) in [5, 5.41) is 6.95. The van der Waals surface area contributed by atoms with Gasteiger partial charge < -0.3 is 20.3 Å². The number of benzene rings is 1. The minimum Gasteiger partial charge on any atom is -0.497 e. The molecule has 0 saturated carbocycles. The largest absolute Gasteiger partial charge is 0.497 e. The summed E-state index contributed by atoms with van der Waals surface area (Å²) in [6.45, 7) is 4.41. The fraction of sp³-hybridized carbons (Fsp3) is 0.333. The lowest BCUT2D eigenvalue weighted by atomic mass is 10.1. The van der Waals surface area contributed by atoms with Gasteiger partial charge >= 0.3 is 0 Å². The molecule has 0 fully saturated rings. The summed E-state index contributed by atoms with van der Waals surface area (Å²) in [4.78, 5) is 4.30. The second-order valence-corrected chi connectivity index (χ2v) is 4.67. The molecular weight excluding hydrogens is 395 g/mol. The molecule has 3 N–H and O–H groups in total. The number of hydrogen-bond acceptors (Lipinski definition) is 4. The summed E-state index contributed by atoms with van der Waals surface area (Å²) < 4.78 is 10.2. The van der Waals surface area contributed by atoms with Crippen LogP contribution in [-0.2, 0) is 6.42 Å². The van der Waals surface area contributed by atoms with Crippen LogP contribution in [-0.4, -0.2) is 24.8 Å². The topological polar surface area (TPSA) is 85.7 Å². The van der Waals surface area contributed by atoms with Crippen LogP contribution < -0.4 is 15.8 Å². The van der Waals surface area contributed by atoms with Crippen molar-refractivity contribution >= 4 is 35.6 Å². The minimum absolute atomic E-state index is 0. The standard InChI is InChI=1S/C15H20N4O2.HI/c1-10-14(11(2)21-19-10)8-9-17-15(16)18-12-4-6-13(20-3)7-5-12;/h4-7H,8-9H2,1-3H3,(H3,16,17,18);1H. The fourth-order valence-electron chi connectivity index (χ4n) is 2.01. The van der Waals surface area contributed by atoms with Gasteiger partial charge in [0, 0.05) is 17.8 Å². The quantitative estimate of drug-likeness (QED) is 0.445. The molecule has 1 heterocycles. The number of nitrogens with zero attached hydrogens (tertiary/aromatic N) is 2. The lowest BCUT2D eigenvalue weighted by Gasteiger charge is -2.06. The molecule has 0 spiro atoms. The molecule has 22 heavy (non-hydrogen) atoms. The summed E-state index contributed by atoms with van der Waals surface area (Å²) in [5.74, 6) is 2.02. The maximum Gasteiger partial charge on any atom is 0.193 e. The Balaban J connectivity index is 0.00000242. The van der Waals surface area contributed by atoms with E-state index in [2.05, 4.69) is 15.5 Å². The van der Waals surface area contributed by atoms with Crippen LogP contribution in [0.2, 0.25) is 0 Å². The lowest BCUT2D eigenvalue weighted by molar-refractivity contribution is 0.392. The van der Waals surface area contributed by atoms with Crippen molar-refractivity contribution in [1.29, 1.82) is 0 Å². The third kappa shape index (κ3) is 4.90. The van der Waals surface area contributed by atoms with E-state index in [1.807, 2.05) is 38.1 Å². The van der Waals surface area contributed by atoms with Crippen molar-refractivity contribution in [1.82, 2.24) is 5.16 Å². The molecule has 2 rings (SSSR count). The zero-order valence-corrected chi connectivity index (χ0v) is 15.3. The maximum atomic E-state index is 5.86. The van der Waals surface area contributed by atoms with Gasteiger partial charge in [-0.2, -0.15) is 0 Å². The van der Waals surface area contributed by atoms with Gasteiger partial charge in [0.15, 0.2) is 5.96 Å². The second kappa shape index (κ2) is 8.62. The number of ether oxygens (including phenoxy) is 1. The molecule has 2 aromatic rings. The van der Waals surface area contributed by atoms with E-state index in [0.717, 1.165) is 34.9 Å². The zero-order valence-electron chi connectivity index (χ0n) is 12.9. The second-order valence-electron chi connectivity index (χ2n) is 4.67. The molecule has 0 saturated heterocycles. The Morgan fingerprint density at radius 1 is 1.32 bits per heavy atom. The van der Waals surface area contributed by atoms with Crippen molar-refractivity contribution in [3.8, 4) is 5.75 Å². The highest BCUT2D eigenvalue weighted by molar-refractivity contribution is 14.0. The molecule has 0 aliphatic rings. The zero-order chi connectivity index (χ0) is 15.2. The highest BCUT2D eigenvalue weighted by Gasteiger charge is 2.07. The molecule has 7 heteroatoms. The van der Waals surface area contributed by atoms with Gasteiger partial charge in [0.2, 0.25) is 0 Å². The normalized spacial score (nSPS) is 11.0. The van der Waals surface area contributed by atoms with Crippen LogP contribution in [0, 0.1) is 13.8 Å². The van der Waals surface area contributed by atoms with Crippen molar-refractivity contribution in [2.24, 2.45) is 10.7 Å². The van der Waals surface area contributed by atoms with Crippen molar-refractivity contribution in [2.75, 3.05) is 19.0 Å². The number of aliphatic imine (C=N–C) groups is 1. The van der Waals surface area contributed by atoms with Crippen LogP contribution in [0.5, 0.6) is 5.75 Å². The van der Waals surface area contributed by atoms with E-state index in [0.29, 0.717) is 12.5 Å². The number of nitrogens with one attached hydrogen (secondary N) is 1. The van der Waals surface area contributed by atoms with Crippen molar-refractivity contribution in [3.05, 3.63) is 41.3 Å². The predicted octanol–water partition coefficient (Wildman–Crippen LogP) is 2.89. The van der Waals surface area contributed by atoms with E-state index in [9.17, 15) is 0 Å². The number of guanidine groups is 1. The molecule has 0 amide bonds. The number of rotatable bonds is 5. The average molecular weight is 416 g/mol. The van der Waals surface area contributed by atoms with Crippen LogP contribution in [0.1, 0.15) is 17.0 Å². The number of hydrogen-bond donors (Lipinski definition) is 2. The molecule has 0 unspecified atom stereocenters. The Hall–Kier alpha value is -1.77. The molecule has 0 bridgehead atoms. The maximum absolute atomic E-state index is 5.86. The first kappa shape index (κ1) is 18.3. The van der Waals surface area contributed by atoms with Gasteiger partial charge in [-0.3, -0.25) is 4.99 Å². The number of nitrogens with two attached hydrogens (primary N) is 1. The molecule has 6 nitrogen and oxygen atoms in total. The number of halogens is 1. The first-order valence-corrected chi connectivity index (χ1v) is 6.73. The van der Waals surface area contributed by atoms with Gasteiger partial charge in [-0.15, -0.1) is 24.0 Å². The third-order valence-corrected chi connectivity index (χ3v) is 3.19. The van der Waals surface area contributed by atoms with Gasteiger partial charge in [0.05, 0.1) is 12.8 Å². The molecular formula is C15H21IN4O2. The molecule has 0 aliphatic carbocycles. The van der Waals surface area contributed by atoms with E-state index in [1.54, 1.807) is 7.11 Å². The van der Waals surface area contributed by atoms with E-state index in [-0.39, 0.29) is 24.0 Å². The van der Waals surface area contributed by atoms with Crippen LogP contribution in [0.15, 0.2) is 33.8 Å². The Labute approximate surface area is 147 Å². The summed E-state index contributed by atoms with van der Waals surface area (Å²) in [5.41, 5.74) is 8.73. The number of aryl methyl sites for hydroxylation is 2. The average Bonchev–Trinajstić information content (AvgIpc) is 2.80. The van der Waals surface area contributed by atoms with E-state index in [1.165, 1.54) is 0 Å². The first-order valence-electron chi connectivity index (χ1n) is 6.73. The molecule has 1 aromatic carbocycles. The van der Waals surface area contributed by atoms with Gasteiger partial charge in [0.1, 0.15) is 11.5 Å². The van der Waals surface area contributed by atoms with Gasteiger partial charge in [-0.1, -0.05) is 5.16 Å². The molecule has 0 radical (unpaired) electrons. The van der Waals surface area contributed by atoms with Crippen molar-refractivity contribution < 1.29 is 9.26 Å².